The molecule has 0 unspecified atom stereocenters. The number of nitrogen functional groups attached to an aromatic ring is 1. The molecule has 2 rings (SSSR count). The van der Waals surface area contributed by atoms with E-state index < -0.39 is 0 Å². The lowest BCUT2D eigenvalue weighted by molar-refractivity contribution is 0.414. The number of rotatable bonds is 3. The Kier molecular flexibility index (Phi) is 3.63. The first kappa shape index (κ1) is 12.6. The Morgan fingerprint density at radius 2 is 1.89 bits per heavy atom. The van der Waals surface area contributed by atoms with Gasteiger partial charge in [-0.1, -0.05) is 11.6 Å². The molecule has 0 aliphatic carbocycles. The van der Waals surface area contributed by atoms with Gasteiger partial charge in [0.25, 0.3) is 0 Å². The number of nitrogens with one attached hydrogen (secondary N) is 1. The third kappa shape index (κ3) is 2.68. The summed E-state index contributed by atoms with van der Waals surface area (Å²) in [6.45, 7) is 2.01. The van der Waals surface area contributed by atoms with E-state index in [0.29, 0.717) is 10.7 Å². The standard InChI is InChI=1S/C14H15ClN2O/c1-9-7-11(18-2)4-6-13(9)17-14-8-10(15)3-5-12(14)16/h3-8,17H,16H2,1-2H3. The van der Waals surface area contributed by atoms with Gasteiger partial charge in [-0.15, -0.1) is 0 Å². The molecular formula is C14H15ClN2O. The van der Waals surface area contributed by atoms with Crippen LogP contribution in [0.1, 0.15) is 5.56 Å². The van der Waals surface area contributed by atoms with Crippen LogP contribution in [0.2, 0.25) is 5.02 Å². The smallest absolute Gasteiger partial charge is 0.119 e. The van der Waals surface area contributed by atoms with Crippen molar-refractivity contribution < 1.29 is 4.74 Å². The molecule has 0 aromatic heterocycles. The van der Waals surface area contributed by atoms with Gasteiger partial charge in [0.2, 0.25) is 0 Å². The van der Waals surface area contributed by atoms with E-state index >= 15 is 0 Å². The summed E-state index contributed by atoms with van der Waals surface area (Å²) in [6, 6.07) is 11.2. The molecule has 0 heterocycles. The summed E-state index contributed by atoms with van der Waals surface area (Å²) >= 11 is 5.95. The fourth-order valence-corrected chi connectivity index (χ4v) is 1.86. The Hall–Kier alpha value is -1.87. The van der Waals surface area contributed by atoms with Crippen molar-refractivity contribution in [1.29, 1.82) is 0 Å². The first-order valence-corrected chi connectivity index (χ1v) is 5.94. The predicted molar refractivity (Wildman–Crippen MR) is 76.9 cm³/mol. The molecule has 94 valence electrons. The van der Waals surface area contributed by atoms with Crippen molar-refractivity contribution in [3.05, 3.63) is 47.0 Å². The van der Waals surface area contributed by atoms with E-state index in [4.69, 9.17) is 22.1 Å². The highest BCUT2D eigenvalue weighted by atomic mass is 35.5. The third-order valence-electron chi connectivity index (χ3n) is 2.72. The highest BCUT2D eigenvalue weighted by Gasteiger charge is 2.04. The van der Waals surface area contributed by atoms with Gasteiger partial charge in [0.05, 0.1) is 18.5 Å². The number of halogens is 1. The lowest BCUT2D eigenvalue weighted by atomic mass is 10.1. The van der Waals surface area contributed by atoms with Crippen LogP contribution in [0.4, 0.5) is 17.1 Å². The second kappa shape index (κ2) is 5.19. The molecule has 2 aromatic rings. The fraction of sp³-hybridized carbons (Fsp3) is 0.143. The monoisotopic (exact) mass is 262 g/mol. The predicted octanol–water partition coefficient (Wildman–Crippen LogP) is 3.98. The first-order chi connectivity index (χ1) is 8.60. The molecule has 0 aliphatic heterocycles. The number of nitrogens with two attached hydrogens (primary N) is 1. The number of methoxy groups -OCH3 is 1. The number of ether oxygens (including phenoxy) is 1. The van der Waals surface area contributed by atoms with Crippen molar-refractivity contribution >= 4 is 28.7 Å². The molecule has 3 N–H and O–H groups in total. The largest absolute Gasteiger partial charge is 0.497 e. The average Bonchev–Trinajstić information content (AvgIpc) is 2.36. The zero-order chi connectivity index (χ0) is 13.1. The number of hydrogen-bond donors (Lipinski definition) is 2. The van der Waals surface area contributed by atoms with Gasteiger partial charge in [0, 0.05) is 10.7 Å². The van der Waals surface area contributed by atoms with Crippen LogP contribution in [0.15, 0.2) is 36.4 Å². The van der Waals surface area contributed by atoms with E-state index in [1.807, 2.05) is 25.1 Å². The fourth-order valence-electron chi connectivity index (χ4n) is 1.69. The Morgan fingerprint density at radius 3 is 2.56 bits per heavy atom. The maximum absolute atomic E-state index is 5.95. The molecule has 0 aliphatic rings. The first-order valence-electron chi connectivity index (χ1n) is 5.57. The summed E-state index contributed by atoms with van der Waals surface area (Å²) in [7, 11) is 1.65. The van der Waals surface area contributed by atoms with Crippen molar-refractivity contribution in [2.45, 2.75) is 6.92 Å². The molecule has 3 nitrogen and oxygen atoms in total. The van der Waals surface area contributed by atoms with Crippen LogP contribution in [-0.2, 0) is 0 Å². The Balaban J connectivity index is 2.31. The van der Waals surface area contributed by atoms with Crippen molar-refractivity contribution in [1.82, 2.24) is 0 Å². The zero-order valence-corrected chi connectivity index (χ0v) is 11.1. The van der Waals surface area contributed by atoms with Crippen LogP contribution in [0.25, 0.3) is 0 Å². The summed E-state index contributed by atoms with van der Waals surface area (Å²) in [5, 5.41) is 3.92. The molecule has 0 spiro atoms. The summed E-state index contributed by atoms with van der Waals surface area (Å²) in [6.07, 6.45) is 0. The topological polar surface area (TPSA) is 47.3 Å². The van der Waals surface area contributed by atoms with Gasteiger partial charge in [-0.2, -0.15) is 0 Å². The molecule has 2 aromatic carbocycles. The Bertz CT molecular complexity index is 570. The van der Waals surface area contributed by atoms with Crippen LogP contribution in [0.3, 0.4) is 0 Å². The maximum atomic E-state index is 5.95. The lowest BCUT2D eigenvalue weighted by Gasteiger charge is -2.13. The molecule has 18 heavy (non-hydrogen) atoms. The number of aryl methyl sites for hydroxylation is 1. The summed E-state index contributed by atoms with van der Waals surface area (Å²) in [4.78, 5) is 0. The molecular weight excluding hydrogens is 248 g/mol. The normalized spacial score (nSPS) is 10.2. The average molecular weight is 263 g/mol. The van der Waals surface area contributed by atoms with Gasteiger partial charge < -0.3 is 15.8 Å². The summed E-state index contributed by atoms with van der Waals surface area (Å²) in [5.41, 5.74) is 9.42. The van der Waals surface area contributed by atoms with Crippen LogP contribution in [0, 0.1) is 6.92 Å². The molecule has 0 fully saturated rings. The van der Waals surface area contributed by atoms with Crippen LogP contribution in [-0.4, -0.2) is 7.11 Å². The van der Waals surface area contributed by atoms with E-state index in [2.05, 4.69) is 5.32 Å². The summed E-state index contributed by atoms with van der Waals surface area (Å²) in [5.74, 6) is 0.831. The Morgan fingerprint density at radius 1 is 1.11 bits per heavy atom. The van der Waals surface area contributed by atoms with Gasteiger partial charge in [0.15, 0.2) is 0 Å². The second-order valence-corrected chi connectivity index (χ2v) is 4.47. The van der Waals surface area contributed by atoms with Gasteiger partial charge in [-0.25, -0.2) is 0 Å². The van der Waals surface area contributed by atoms with E-state index in [9.17, 15) is 0 Å². The third-order valence-corrected chi connectivity index (χ3v) is 2.95. The van der Waals surface area contributed by atoms with Crippen LogP contribution < -0.4 is 15.8 Å². The second-order valence-electron chi connectivity index (χ2n) is 4.04. The minimum atomic E-state index is 0.651. The van der Waals surface area contributed by atoms with E-state index in [1.165, 1.54) is 0 Å². The zero-order valence-electron chi connectivity index (χ0n) is 10.3. The highest BCUT2D eigenvalue weighted by molar-refractivity contribution is 6.31. The van der Waals surface area contributed by atoms with Gasteiger partial charge in [-0.3, -0.25) is 0 Å². The Labute approximate surface area is 112 Å². The van der Waals surface area contributed by atoms with Crippen molar-refractivity contribution in [2.75, 3.05) is 18.2 Å². The minimum Gasteiger partial charge on any atom is -0.497 e. The van der Waals surface area contributed by atoms with Crippen molar-refractivity contribution in [2.24, 2.45) is 0 Å². The summed E-state index contributed by atoms with van der Waals surface area (Å²) < 4.78 is 5.17. The highest BCUT2D eigenvalue weighted by Crippen LogP contribution is 2.29. The quantitative estimate of drug-likeness (QED) is 0.823. The maximum Gasteiger partial charge on any atom is 0.119 e. The van der Waals surface area contributed by atoms with Crippen molar-refractivity contribution in [3.8, 4) is 5.75 Å². The number of hydrogen-bond acceptors (Lipinski definition) is 3. The lowest BCUT2D eigenvalue weighted by Crippen LogP contribution is -1.98. The number of benzene rings is 2. The van der Waals surface area contributed by atoms with E-state index in [0.717, 1.165) is 22.7 Å². The molecule has 4 heteroatoms. The van der Waals surface area contributed by atoms with Crippen LogP contribution >= 0.6 is 11.6 Å². The van der Waals surface area contributed by atoms with E-state index in [-0.39, 0.29) is 0 Å². The van der Waals surface area contributed by atoms with Gasteiger partial charge in [-0.05, 0) is 48.9 Å². The molecule has 0 radical (unpaired) electrons. The SMILES string of the molecule is COc1ccc(Nc2cc(Cl)ccc2N)c(C)c1. The van der Waals surface area contributed by atoms with E-state index in [1.54, 1.807) is 25.3 Å². The van der Waals surface area contributed by atoms with Crippen LogP contribution in [0.5, 0.6) is 5.75 Å². The molecule has 0 atom stereocenters. The molecule has 0 saturated carbocycles. The molecule has 0 bridgehead atoms. The number of anilines is 3. The van der Waals surface area contributed by atoms with Crippen molar-refractivity contribution in [3.63, 3.8) is 0 Å². The molecule has 0 amide bonds. The molecule has 0 saturated heterocycles. The minimum absolute atomic E-state index is 0.651. The van der Waals surface area contributed by atoms with Gasteiger partial charge >= 0.3 is 0 Å². The van der Waals surface area contributed by atoms with Gasteiger partial charge in [0.1, 0.15) is 5.75 Å².